The molecule has 0 aliphatic carbocycles. The number of ketones is 1. The van der Waals surface area contributed by atoms with Crippen LogP contribution in [0.1, 0.15) is 33.3 Å². The van der Waals surface area contributed by atoms with Crippen LogP contribution < -0.4 is 5.32 Å². The second kappa shape index (κ2) is 8.89. The quantitative estimate of drug-likeness (QED) is 0.349. The number of amides is 1. The van der Waals surface area contributed by atoms with Gasteiger partial charge in [0.2, 0.25) is 0 Å². The average Bonchev–Trinajstić information content (AvgIpc) is 3.11. The highest BCUT2D eigenvalue weighted by atomic mass is 32.1. The summed E-state index contributed by atoms with van der Waals surface area (Å²) in [4.78, 5) is 37.4. The first-order valence-corrected chi connectivity index (χ1v) is 9.80. The van der Waals surface area contributed by atoms with E-state index in [1.165, 1.54) is 42.5 Å². The van der Waals surface area contributed by atoms with Gasteiger partial charge in [-0.05, 0) is 49.5 Å². The number of hydrogen-bond donors (Lipinski definition) is 1. The number of nitrogens with zero attached hydrogens (tertiary/aromatic N) is 4. The lowest BCUT2D eigenvalue weighted by molar-refractivity contribution is -0.384. The lowest BCUT2D eigenvalue weighted by Crippen LogP contribution is -2.18. The van der Waals surface area contributed by atoms with Gasteiger partial charge in [0.15, 0.2) is 11.6 Å². The lowest BCUT2D eigenvalue weighted by atomic mass is 10.0. The summed E-state index contributed by atoms with van der Waals surface area (Å²) in [6, 6.07) is 9.27. The Bertz CT molecular complexity index is 1090. The Hall–Kier alpha value is -3.50. The van der Waals surface area contributed by atoms with Crippen LogP contribution in [0.15, 0.2) is 41.8 Å². The van der Waals surface area contributed by atoms with E-state index in [0.717, 1.165) is 16.0 Å². The van der Waals surface area contributed by atoms with Gasteiger partial charge in [-0.1, -0.05) is 0 Å². The van der Waals surface area contributed by atoms with Crippen LogP contribution in [0, 0.1) is 10.1 Å². The molecule has 1 aromatic carbocycles. The minimum absolute atomic E-state index is 0.00927. The van der Waals surface area contributed by atoms with Crippen LogP contribution >= 0.6 is 11.3 Å². The maximum absolute atomic E-state index is 12.9. The molecule has 10 heteroatoms. The van der Waals surface area contributed by atoms with Crippen molar-refractivity contribution in [2.24, 2.45) is 0 Å². The maximum atomic E-state index is 12.9. The summed E-state index contributed by atoms with van der Waals surface area (Å²) in [6.07, 6.45) is 0. The first kappa shape index (κ1) is 21.2. The van der Waals surface area contributed by atoms with Crippen LogP contribution in [0.4, 0.5) is 11.5 Å². The number of hydrogen-bond acceptors (Lipinski definition) is 8. The molecule has 2 aromatic heterocycles. The third-order valence-electron chi connectivity index (χ3n) is 4.22. The maximum Gasteiger partial charge on any atom is 0.269 e. The second-order valence-corrected chi connectivity index (χ2v) is 7.69. The SMILES string of the molecule is CC(=O)c1ccc(NC(=O)c2csc(-c3ccc([N+](=O)[O-])cc3)c2CN(C)C)nn1. The number of thiophene rings is 1. The molecule has 0 unspecified atom stereocenters. The molecule has 0 bridgehead atoms. The molecule has 30 heavy (non-hydrogen) atoms. The highest BCUT2D eigenvalue weighted by Gasteiger charge is 2.20. The van der Waals surface area contributed by atoms with E-state index in [1.54, 1.807) is 17.5 Å². The smallest absolute Gasteiger partial charge is 0.269 e. The fourth-order valence-corrected chi connectivity index (χ4v) is 3.87. The van der Waals surface area contributed by atoms with E-state index in [9.17, 15) is 19.7 Å². The van der Waals surface area contributed by atoms with Gasteiger partial charge >= 0.3 is 0 Å². The number of rotatable bonds is 7. The molecule has 0 aliphatic rings. The standard InChI is InChI=1S/C20H19N5O4S/c1-12(26)17-8-9-18(23-22-17)21-20(27)16-11-30-19(15(16)10-24(2)3)13-4-6-14(7-5-13)25(28)29/h4-9,11H,10H2,1-3H3,(H,21,23,27). The van der Waals surface area contributed by atoms with Gasteiger partial charge in [0, 0.05) is 35.9 Å². The molecule has 0 radical (unpaired) electrons. The first-order valence-electron chi connectivity index (χ1n) is 8.92. The van der Waals surface area contributed by atoms with Crippen molar-refractivity contribution >= 4 is 34.5 Å². The normalized spacial score (nSPS) is 10.8. The van der Waals surface area contributed by atoms with Gasteiger partial charge in [0.25, 0.3) is 11.6 Å². The molecule has 9 nitrogen and oxygen atoms in total. The zero-order valence-electron chi connectivity index (χ0n) is 16.6. The fraction of sp³-hybridized carbons (Fsp3) is 0.200. The Morgan fingerprint density at radius 1 is 1.13 bits per heavy atom. The lowest BCUT2D eigenvalue weighted by Gasteiger charge is -2.13. The molecule has 0 saturated carbocycles. The molecule has 154 valence electrons. The van der Waals surface area contributed by atoms with Crippen molar-refractivity contribution in [1.29, 1.82) is 0 Å². The van der Waals surface area contributed by atoms with Gasteiger partial charge in [-0.25, -0.2) is 0 Å². The van der Waals surface area contributed by atoms with E-state index in [4.69, 9.17) is 0 Å². The van der Waals surface area contributed by atoms with Crippen molar-refractivity contribution in [1.82, 2.24) is 15.1 Å². The number of anilines is 1. The summed E-state index contributed by atoms with van der Waals surface area (Å²) in [5, 5.41) is 23.0. The van der Waals surface area contributed by atoms with Gasteiger partial charge in [-0.2, -0.15) is 0 Å². The van der Waals surface area contributed by atoms with Crippen molar-refractivity contribution < 1.29 is 14.5 Å². The molecule has 0 aliphatic heterocycles. The third kappa shape index (κ3) is 4.73. The molecule has 1 amide bonds. The van der Waals surface area contributed by atoms with Gasteiger partial charge in [0.1, 0.15) is 5.69 Å². The van der Waals surface area contributed by atoms with E-state index in [0.29, 0.717) is 12.1 Å². The molecule has 3 aromatic rings. The topological polar surface area (TPSA) is 118 Å². The van der Waals surface area contributed by atoms with Crippen molar-refractivity contribution in [2.75, 3.05) is 19.4 Å². The van der Waals surface area contributed by atoms with Crippen LogP contribution in [-0.2, 0) is 6.54 Å². The Labute approximate surface area is 176 Å². The molecule has 0 atom stereocenters. The Morgan fingerprint density at radius 2 is 1.83 bits per heavy atom. The monoisotopic (exact) mass is 425 g/mol. The molecule has 2 heterocycles. The predicted octanol–water partition coefficient (Wildman–Crippen LogP) is 3.63. The molecule has 0 spiro atoms. The molecule has 0 fully saturated rings. The van der Waals surface area contributed by atoms with E-state index < -0.39 is 4.92 Å². The molecule has 0 saturated heterocycles. The zero-order chi connectivity index (χ0) is 21.8. The van der Waals surface area contributed by atoms with E-state index >= 15 is 0 Å². The number of nitrogens with one attached hydrogen (secondary N) is 1. The summed E-state index contributed by atoms with van der Waals surface area (Å²) in [7, 11) is 3.79. The molecular weight excluding hydrogens is 406 g/mol. The Balaban J connectivity index is 1.91. The number of nitro groups is 1. The number of carbonyl (C=O) groups is 2. The number of benzene rings is 1. The van der Waals surface area contributed by atoms with Crippen LogP contribution in [0.5, 0.6) is 0 Å². The Kier molecular flexibility index (Phi) is 6.28. The van der Waals surface area contributed by atoms with Gasteiger partial charge in [0.05, 0.1) is 10.5 Å². The minimum atomic E-state index is -0.448. The second-order valence-electron chi connectivity index (χ2n) is 6.81. The molecular formula is C20H19N5O4S. The number of aromatic nitrogens is 2. The summed E-state index contributed by atoms with van der Waals surface area (Å²) >= 11 is 1.39. The van der Waals surface area contributed by atoms with Crippen molar-refractivity contribution in [3.8, 4) is 10.4 Å². The fourth-order valence-electron chi connectivity index (χ4n) is 2.79. The highest BCUT2D eigenvalue weighted by Crippen LogP contribution is 2.35. The Morgan fingerprint density at radius 3 is 2.37 bits per heavy atom. The summed E-state index contributed by atoms with van der Waals surface area (Å²) in [6.45, 7) is 1.90. The summed E-state index contributed by atoms with van der Waals surface area (Å²) in [5.41, 5.74) is 2.32. The minimum Gasteiger partial charge on any atom is -0.305 e. The van der Waals surface area contributed by atoms with Crippen molar-refractivity contribution in [3.05, 3.63) is 68.7 Å². The highest BCUT2D eigenvalue weighted by molar-refractivity contribution is 7.14. The summed E-state index contributed by atoms with van der Waals surface area (Å²) < 4.78 is 0. The predicted molar refractivity (Wildman–Crippen MR) is 114 cm³/mol. The molecule has 1 N–H and O–H groups in total. The van der Waals surface area contributed by atoms with E-state index in [1.807, 2.05) is 19.0 Å². The van der Waals surface area contributed by atoms with Crippen LogP contribution in [0.3, 0.4) is 0 Å². The largest absolute Gasteiger partial charge is 0.305 e. The zero-order valence-corrected chi connectivity index (χ0v) is 17.4. The number of nitro benzene ring substituents is 1. The van der Waals surface area contributed by atoms with E-state index in [2.05, 4.69) is 15.5 Å². The third-order valence-corrected chi connectivity index (χ3v) is 5.29. The van der Waals surface area contributed by atoms with Gasteiger partial charge in [-0.15, -0.1) is 21.5 Å². The molecule has 3 rings (SSSR count). The first-order chi connectivity index (χ1) is 14.3. The average molecular weight is 425 g/mol. The van der Waals surface area contributed by atoms with E-state index in [-0.39, 0.29) is 28.9 Å². The van der Waals surface area contributed by atoms with Crippen LogP contribution in [-0.4, -0.2) is 45.8 Å². The number of non-ortho nitro benzene ring substituents is 1. The van der Waals surface area contributed by atoms with Crippen molar-refractivity contribution in [3.63, 3.8) is 0 Å². The summed E-state index contributed by atoms with van der Waals surface area (Å²) in [5.74, 6) is -0.316. The van der Waals surface area contributed by atoms with Gasteiger partial charge < -0.3 is 10.2 Å². The number of carbonyl (C=O) groups excluding carboxylic acids is 2. The van der Waals surface area contributed by atoms with Crippen molar-refractivity contribution in [2.45, 2.75) is 13.5 Å². The van der Waals surface area contributed by atoms with Crippen LogP contribution in [0.25, 0.3) is 10.4 Å². The number of Topliss-reactive ketones (excluding diaryl/α,β-unsaturated/α-hetero) is 1. The van der Waals surface area contributed by atoms with Gasteiger partial charge in [-0.3, -0.25) is 19.7 Å². The van der Waals surface area contributed by atoms with Crippen LogP contribution in [0.2, 0.25) is 0 Å².